The standard InChI is InChI=1S/C21H21ClN4O4S/c22-14-9-17-18(30-12-29-17)10-15(14)23-19(27)11-31-21-25-24-20(16-7-4-8-28-16)26(21)13-5-2-1-3-6-13/h4,7-10,13H,1-3,5-6,11-12H2,(H,23,27). The first-order chi connectivity index (χ1) is 15.2. The molecule has 2 aliphatic rings. The fourth-order valence-corrected chi connectivity index (χ4v) is 4.95. The van der Waals surface area contributed by atoms with E-state index in [0.29, 0.717) is 45.0 Å². The Morgan fingerprint density at radius 1 is 1.19 bits per heavy atom. The van der Waals surface area contributed by atoms with E-state index in [1.54, 1.807) is 18.4 Å². The Balaban J connectivity index is 1.31. The zero-order valence-corrected chi connectivity index (χ0v) is 18.2. The molecule has 0 atom stereocenters. The van der Waals surface area contributed by atoms with Crippen molar-refractivity contribution in [3.8, 4) is 23.1 Å². The van der Waals surface area contributed by atoms with Crippen LogP contribution >= 0.6 is 23.4 Å². The van der Waals surface area contributed by atoms with Gasteiger partial charge in [0.05, 0.1) is 22.7 Å². The van der Waals surface area contributed by atoms with Crippen LogP contribution in [0.3, 0.4) is 0 Å². The molecular formula is C21H21ClN4O4S. The van der Waals surface area contributed by atoms with Crippen LogP contribution in [0.25, 0.3) is 11.6 Å². The lowest BCUT2D eigenvalue weighted by Crippen LogP contribution is -2.17. The van der Waals surface area contributed by atoms with Crippen molar-refractivity contribution in [1.29, 1.82) is 0 Å². The molecular weight excluding hydrogens is 440 g/mol. The predicted octanol–water partition coefficient (Wildman–Crippen LogP) is 5.16. The average Bonchev–Trinajstić information content (AvgIpc) is 3.53. The van der Waals surface area contributed by atoms with Gasteiger partial charge in [-0.2, -0.15) is 0 Å². The number of halogens is 1. The van der Waals surface area contributed by atoms with Gasteiger partial charge in [-0.25, -0.2) is 0 Å². The van der Waals surface area contributed by atoms with Crippen LogP contribution in [0.15, 0.2) is 40.1 Å². The van der Waals surface area contributed by atoms with E-state index in [9.17, 15) is 4.79 Å². The zero-order valence-electron chi connectivity index (χ0n) is 16.7. The van der Waals surface area contributed by atoms with Gasteiger partial charge in [0.2, 0.25) is 18.5 Å². The van der Waals surface area contributed by atoms with Gasteiger partial charge in [-0.1, -0.05) is 42.6 Å². The number of carbonyl (C=O) groups is 1. The van der Waals surface area contributed by atoms with E-state index in [-0.39, 0.29) is 18.5 Å². The predicted molar refractivity (Wildman–Crippen MR) is 117 cm³/mol. The van der Waals surface area contributed by atoms with Gasteiger partial charge in [0, 0.05) is 18.2 Å². The molecule has 5 rings (SSSR count). The number of hydrogen-bond acceptors (Lipinski definition) is 7. The topological polar surface area (TPSA) is 91.4 Å². The molecule has 1 saturated carbocycles. The van der Waals surface area contributed by atoms with E-state index in [0.717, 1.165) is 12.8 Å². The van der Waals surface area contributed by atoms with Gasteiger partial charge in [-0.15, -0.1) is 10.2 Å². The number of amides is 1. The van der Waals surface area contributed by atoms with Gasteiger partial charge in [0.1, 0.15) is 0 Å². The van der Waals surface area contributed by atoms with Gasteiger partial charge < -0.3 is 19.2 Å². The van der Waals surface area contributed by atoms with E-state index < -0.39 is 0 Å². The molecule has 10 heteroatoms. The molecule has 0 unspecified atom stereocenters. The zero-order chi connectivity index (χ0) is 21.2. The highest BCUT2D eigenvalue weighted by molar-refractivity contribution is 7.99. The van der Waals surface area contributed by atoms with Crippen LogP contribution in [0.2, 0.25) is 5.02 Å². The van der Waals surface area contributed by atoms with Gasteiger partial charge in [-0.3, -0.25) is 9.36 Å². The van der Waals surface area contributed by atoms with Crippen LogP contribution < -0.4 is 14.8 Å². The Morgan fingerprint density at radius 3 is 2.77 bits per heavy atom. The van der Waals surface area contributed by atoms with Crippen molar-refractivity contribution in [3.05, 3.63) is 35.6 Å². The van der Waals surface area contributed by atoms with E-state index in [2.05, 4.69) is 20.1 Å². The number of benzene rings is 1. The fourth-order valence-electron chi connectivity index (χ4n) is 3.95. The smallest absolute Gasteiger partial charge is 0.234 e. The van der Waals surface area contributed by atoms with Crippen LogP contribution in [0, 0.1) is 0 Å². The highest BCUT2D eigenvalue weighted by Crippen LogP contribution is 2.39. The summed E-state index contributed by atoms with van der Waals surface area (Å²) >= 11 is 7.62. The summed E-state index contributed by atoms with van der Waals surface area (Å²) in [7, 11) is 0. The molecule has 1 aromatic carbocycles. The minimum Gasteiger partial charge on any atom is -0.461 e. The number of furan rings is 1. The van der Waals surface area contributed by atoms with E-state index in [1.807, 2.05) is 12.1 Å². The fraction of sp³-hybridized carbons (Fsp3) is 0.381. The van der Waals surface area contributed by atoms with Crippen molar-refractivity contribution in [2.45, 2.75) is 43.3 Å². The minimum atomic E-state index is -0.191. The molecule has 0 radical (unpaired) electrons. The molecule has 31 heavy (non-hydrogen) atoms. The molecule has 162 valence electrons. The number of ether oxygens (including phenoxy) is 2. The third-order valence-corrected chi connectivity index (χ3v) is 6.67. The summed E-state index contributed by atoms with van der Waals surface area (Å²) in [6.07, 6.45) is 7.36. The normalized spacial score (nSPS) is 15.9. The summed E-state index contributed by atoms with van der Waals surface area (Å²) in [6.45, 7) is 0.147. The Morgan fingerprint density at radius 2 is 2.00 bits per heavy atom. The lowest BCUT2D eigenvalue weighted by atomic mass is 9.95. The second kappa shape index (κ2) is 8.84. The number of anilines is 1. The quantitative estimate of drug-likeness (QED) is 0.508. The molecule has 1 N–H and O–H groups in total. The van der Waals surface area contributed by atoms with Crippen LogP contribution in [0.4, 0.5) is 5.69 Å². The van der Waals surface area contributed by atoms with Crippen molar-refractivity contribution >= 4 is 35.0 Å². The lowest BCUT2D eigenvalue weighted by molar-refractivity contribution is -0.113. The third kappa shape index (κ3) is 4.24. The molecule has 3 aromatic rings. The molecule has 2 aromatic heterocycles. The van der Waals surface area contributed by atoms with Crippen molar-refractivity contribution in [2.24, 2.45) is 0 Å². The van der Waals surface area contributed by atoms with E-state index in [1.165, 1.54) is 31.0 Å². The molecule has 0 saturated heterocycles. The summed E-state index contributed by atoms with van der Waals surface area (Å²) in [6, 6.07) is 7.34. The van der Waals surface area contributed by atoms with Crippen molar-refractivity contribution < 1.29 is 18.7 Å². The molecule has 3 heterocycles. The molecule has 1 aliphatic heterocycles. The second-order valence-corrected chi connectivity index (χ2v) is 8.82. The first-order valence-corrected chi connectivity index (χ1v) is 11.6. The van der Waals surface area contributed by atoms with Crippen LogP contribution in [-0.2, 0) is 4.79 Å². The summed E-state index contributed by atoms with van der Waals surface area (Å²) in [5.41, 5.74) is 0.488. The van der Waals surface area contributed by atoms with E-state index >= 15 is 0 Å². The Hall–Kier alpha value is -2.65. The number of thioether (sulfide) groups is 1. The molecule has 0 bridgehead atoms. The van der Waals surface area contributed by atoms with Crippen LogP contribution in [-0.4, -0.2) is 33.2 Å². The van der Waals surface area contributed by atoms with E-state index in [4.69, 9.17) is 25.5 Å². The van der Waals surface area contributed by atoms with Crippen molar-refractivity contribution in [1.82, 2.24) is 14.8 Å². The van der Waals surface area contributed by atoms with Crippen LogP contribution in [0.5, 0.6) is 11.5 Å². The summed E-state index contributed by atoms with van der Waals surface area (Å²) in [5.74, 6) is 2.51. The first-order valence-electron chi connectivity index (χ1n) is 10.2. The molecule has 1 fully saturated rings. The van der Waals surface area contributed by atoms with Gasteiger partial charge in [0.25, 0.3) is 0 Å². The Kier molecular flexibility index (Phi) is 5.78. The maximum Gasteiger partial charge on any atom is 0.234 e. The van der Waals surface area contributed by atoms with Crippen molar-refractivity contribution in [3.63, 3.8) is 0 Å². The highest BCUT2D eigenvalue weighted by Gasteiger charge is 2.25. The SMILES string of the molecule is O=C(CSc1nnc(-c2ccco2)n1C1CCCCC1)Nc1cc2c(cc1Cl)OCO2. The first kappa shape index (κ1) is 20.3. The maximum absolute atomic E-state index is 12.6. The number of nitrogens with one attached hydrogen (secondary N) is 1. The molecule has 1 amide bonds. The van der Waals surface area contributed by atoms with Crippen molar-refractivity contribution in [2.75, 3.05) is 17.9 Å². The summed E-state index contributed by atoms with van der Waals surface area (Å²) < 4.78 is 18.4. The number of nitrogens with zero attached hydrogens (tertiary/aromatic N) is 3. The maximum atomic E-state index is 12.6. The molecule has 8 nitrogen and oxygen atoms in total. The number of fused-ring (bicyclic) bond motifs is 1. The highest BCUT2D eigenvalue weighted by atomic mass is 35.5. The number of rotatable bonds is 6. The molecule has 1 aliphatic carbocycles. The monoisotopic (exact) mass is 460 g/mol. The van der Waals surface area contributed by atoms with Gasteiger partial charge in [-0.05, 0) is 25.0 Å². The number of hydrogen-bond donors (Lipinski definition) is 1. The average molecular weight is 461 g/mol. The Labute approximate surface area is 188 Å². The lowest BCUT2D eigenvalue weighted by Gasteiger charge is -2.25. The third-order valence-electron chi connectivity index (χ3n) is 5.41. The second-order valence-electron chi connectivity index (χ2n) is 7.47. The summed E-state index contributed by atoms with van der Waals surface area (Å²) in [4.78, 5) is 12.6. The largest absolute Gasteiger partial charge is 0.461 e. The van der Waals surface area contributed by atoms with Gasteiger partial charge in [0.15, 0.2) is 22.4 Å². The van der Waals surface area contributed by atoms with Crippen LogP contribution in [0.1, 0.15) is 38.1 Å². The summed E-state index contributed by atoms with van der Waals surface area (Å²) in [5, 5.41) is 12.7. The number of carbonyl (C=O) groups excluding carboxylic acids is 1. The Bertz CT molecular complexity index is 1080. The minimum absolute atomic E-state index is 0.147. The molecule has 0 spiro atoms. The van der Waals surface area contributed by atoms with Gasteiger partial charge >= 0.3 is 0 Å². The number of aromatic nitrogens is 3.